The lowest BCUT2D eigenvalue weighted by molar-refractivity contribution is -0.126. The zero-order valence-electron chi connectivity index (χ0n) is 15.3. The summed E-state index contributed by atoms with van der Waals surface area (Å²) in [4.78, 5) is 12.4. The van der Waals surface area contributed by atoms with Crippen molar-refractivity contribution in [1.82, 2.24) is 9.62 Å². The van der Waals surface area contributed by atoms with E-state index in [1.807, 2.05) is 6.92 Å². The first-order chi connectivity index (χ1) is 12.5. The second-order valence-electron chi connectivity index (χ2n) is 6.37. The van der Waals surface area contributed by atoms with Crippen LogP contribution in [0.25, 0.3) is 0 Å². The number of amides is 1. The van der Waals surface area contributed by atoms with Gasteiger partial charge in [0.25, 0.3) is 0 Å². The molecule has 0 atom stereocenters. The van der Waals surface area contributed by atoms with E-state index < -0.39 is 10.0 Å². The Hall–Kier alpha value is -1.64. The summed E-state index contributed by atoms with van der Waals surface area (Å²) in [5.41, 5.74) is 5.43. The van der Waals surface area contributed by atoms with Gasteiger partial charge >= 0.3 is 0 Å². The minimum Gasteiger partial charge on any atom is -0.494 e. The van der Waals surface area contributed by atoms with E-state index in [0.717, 1.165) is 12.8 Å². The van der Waals surface area contributed by atoms with Crippen molar-refractivity contribution in [2.24, 2.45) is 11.7 Å². The maximum Gasteiger partial charge on any atom is 0.243 e. The quantitative estimate of drug-likeness (QED) is 0.627. The van der Waals surface area contributed by atoms with Crippen molar-refractivity contribution in [1.29, 1.82) is 0 Å². The predicted molar refractivity (Wildman–Crippen MR) is 100 cm³/mol. The normalized spacial score (nSPS) is 16.4. The lowest BCUT2D eigenvalue weighted by atomic mass is 9.97. The molecule has 1 aliphatic rings. The third kappa shape index (κ3) is 5.43. The second kappa shape index (κ2) is 9.89. The fourth-order valence-electron chi connectivity index (χ4n) is 3.01. The van der Waals surface area contributed by atoms with Crippen LogP contribution in [0, 0.1) is 5.92 Å². The SMILES string of the molecule is CCOc1ccc(S(=O)(=O)N2CCC(C(=O)NCCCCN)CC2)cc1. The number of nitrogens with zero attached hydrogens (tertiary/aromatic N) is 1. The summed E-state index contributed by atoms with van der Waals surface area (Å²) >= 11 is 0. The average molecular weight is 384 g/mol. The van der Waals surface area contributed by atoms with Crippen LogP contribution in [0.15, 0.2) is 29.2 Å². The molecule has 0 radical (unpaired) electrons. The van der Waals surface area contributed by atoms with E-state index in [9.17, 15) is 13.2 Å². The van der Waals surface area contributed by atoms with Gasteiger partial charge < -0.3 is 15.8 Å². The molecule has 1 saturated heterocycles. The first kappa shape index (κ1) is 20.7. The molecule has 146 valence electrons. The van der Waals surface area contributed by atoms with Gasteiger partial charge in [-0.05, 0) is 63.4 Å². The number of carbonyl (C=O) groups is 1. The highest BCUT2D eigenvalue weighted by Gasteiger charge is 2.31. The number of hydrogen-bond donors (Lipinski definition) is 2. The summed E-state index contributed by atoms with van der Waals surface area (Å²) < 4.78 is 32.3. The van der Waals surface area contributed by atoms with E-state index in [4.69, 9.17) is 10.5 Å². The number of benzene rings is 1. The molecule has 0 unspecified atom stereocenters. The summed E-state index contributed by atoms with van der Waals surface area (Å²) in [5.74, 6) is 0.538. The molecular formula is C18H29N3O4S. The van der Waals surface area contributed by atoms with Crippen LogP contribution in [0.3, 0.4) is 0 Å². The van der Waals surface area contributed by atoms with Gasteiger partial charge in [0.15, 0.2) is 0 Å². The van der Waals surface area contributed by atoms with E-state index >= 15 is 0 Å². The molecule has 0 spiro atoms. The number of ether oxygens (including phenoxy) is 1. The van der Waals surface area contributed by atoms with Crippen LogP contribution in [-0.4, -0.2) is 51.4 Å². The van der Waals surface area contributed by atoms with Gasteiger partial charge in [-0.2, -0.15) is 4.31 Å². The van der Waals surface area contributed by atoms with Crippen LogP contribution in [0.2, 0.25) is 0 Å². The molecule has 1 aromatic rings. The lowest BCUT2D eigenvalue weighted by Crippen LogP contribution is -2.43. The molecule has 0 aliphatic carbocycles. The summed E-state index contributed by atoms with van der Waals surface area (Å²) in [6.07, 6.45) is 2.84. The Kier molecular flexibility index (Phi) is 7.86. The molecule has 1 amide bonds. The van der Waals surface area contributed by atoms with Crippen LogP contribution < -0.4 is 15.8 Å². The standard InChI is InChI=1S/C18H29N3O4S/c1-2-25-16-5-7-17(8-6-16)26(23,24)21-13-9-15(10-14-21)18(22)20-12-4-3-11-19/h5-8,15H,2-4,9-14,19H2,1H3,(H,20,22). The molecule has 0 saturated carbocycles. The monoisotopic (exact) mass is 383 g/mol. The van der Waals surface area contributed by atoms with E-state index in [-0.39, 0.29) is 16.7 Å². The number of nitrogens with one attached hydrogen (secondary N) is 1. The van der Waals surface area contributed by atoms with Crippen molar-refractivity contribution in [3.05, 3.63) is 24.3 Å². The first-order valence-corrected chi connectivity index (χ1v) is 10.6. The lowest BCUT2D eigenvalue weighted by Gasteiger charge is -2.30. The number of piperidine rings is 1. The Balaban J connectivity index is 1.88. The predicted octanol–water partition coefficient (Wildman–Crippen LogP) is 1.34. The molecule has 1 aromatic carbocycles. The topological polar surface area (TPSA) is 102 Å². The van der Waals surface area contributed by atoms with Gasteiger partial charge in [0.2, 0.25) is 15.9 Å². The van der Waals surface area contributed by atoms with Gasteiger partial charge in [0.1, 0.15) is 5.75 Å². The fourth-order valence-corrected chi connectivity index (χ4v) is 4.48. The number of carbonyl (C=O) groups excluding carboxylic acids is 1. The average Bonchev–Trinajstić information content (AvgIpc) is 2.66. The number of nitrogens with two attached hydrogens (primary N) is 1. The molecule has 8 heteroatoms. The van der Waals surface area contributed by atoms with Gasteiger partial charge in [0, 0.05) is 25.6 Å². The van der Waals surface area contributed by atoms with Crippen molar-refractivity contribution in [3.63, 3.8) is 0 Å². The van der Waals surface area contributed by atoms with Gasteiger partial charge in [0.05, 0.1) is 11.5 Å². The maximum absolute atomic E-state index is 12.7. The van der Waals surface area contributed by atoms with Crippen molar-refractivity contribution < 1.29 is 17.9 Å². The Morgan fingerprint density at radius 3 is 2.46 bits per heavy atom. The molecule has 1 fully saturated rings. The molecule has 0 bridgehead atoms. The minimum absolute atomic E-state index is 0.0140. The highest BCUT2D eigenvalue weighted by Crippen LogP contribution is 2.25. The zero-order chi connectivity index (χ0) is 19.0. The summed E-state index contributed by atoms with van der Waals surface area (Å²) in [6.45, 7) is 4.38. The Labute approximate surface area is 155 Å². The summed E-state index contributed by atoms with van der Waals surface area (Å²) in [7, 11) is -3.53. The minimum atomic E-state index is -3.53. The molecule has 2 rings (SSSR count). The largest absolute Gasteiger partial charge is 0.494 e. The Bertz CT molecular complexity index is 668. The van der Waals surface area contributed by atoms with Gasteiger partial charge in [-0.3, -0.25) is 4.79 Å². The molecule has 1 heterocycles. The molecule has 3 N–H and O–H groups in total. The molecular weight excluding hydrogens is 354 g/mol. The van der Waals surface area contributed by atoms with Crippen LogP contribution in [0.1, 0.15) is 32.6 Å². The number of hydrogen-bond acceptors (Lipinski definition) is 5. The highest BCUT2D eigenvalue weighted by molar-refractivity contribution is 7.89. The zero-order valence-corrected chi connectivity index (χ0v) is 16.1. The molecule has 0 aromatic heterocycles. The van der Waals surface area contributed by atoms with Crippen molar-refractivity contribution in [2.45, 2.75) is 37.5 Å². The molecule has 26 heavy (non-hydrogen) atoms. The first-order valence-electron chi connectivity index (χ1n) is 9.19. The second-order valence-corrected chi connectivity index (χ2v) is 8.31. The molecule has 1 aliphatic heterocycles. The smallest absolute Gasteiger partial charge is 0.243 e. The van der Waals surface area contributed by atoms with E-state index in [2.05, 4.69) is 5.32 Å². The number of unbranched alkanes of at least 4 members (excludes halogenated alkanes) is 1. The van der Waals surface area contributed by atoms with Crippen LogP contribution in [0.4, 0.5) is 0 Å². The van der Waals surface area contributed by atoms with E-state index in [1.165, 1.54) is 4.31 Å². The number of sulfonamides is 1. The third-order valence-electron chi connectivity index (χ3n) is 4.53. The maximum atomic E-state index is 12.7. The van der Waals surface area contributed by atoms with Crippen LogP contribution in [-0.2, 0) is 14.8 Å². The highest BCUT2D eigenvalue weighted by atomic mass is 32.2. The van der Waals surface area contributed by atoms with Crippen molar-refractivity contribution in [3.8, 4) is 5.75 Å². The fraction of sp³-hybridized carbons (Fsp3) is 0.611. The summed E-state index contributed by atoms with van der Waals surface area (Å²) in [6, 6.07) is 6.46. The van der Waals surface area contributed by atoms with Gasteiger partial charge in [-0.25, -0.2) is 8.42 Å². The van der Waals surface area contributed by atoms with E-state index in [1.54, 1.807) is 24.3 Å². The van der Waals surface area contributed by atoms with Crippen molar-refractivity contribution in [2.75, 3.05) is 32.8 Å². The van der Waals surface area contributed by atoms with Crippen LogP contribution >= 0.6 is 0 Å². The van der Waals surface area contributed by atoms with E-state index in [0.29, 0.717) is 51.4 Å². The Morgan fingerprint density at radius 1 is 1.23 bits per heavy atom. The van der Waals surface area contributed by atoms with Gasteiger partial charge in [-0.15, -0.1) is 0 Å². The number of rotatable bonds is 9. The Morgan fingerprint density at radius 2 is 1.88 bits per heavy atom. The third-order valence-corrected chi connectivity index (χ3v) is 6.44. The molecule has 7 nitrogen and oxygen atoms in total. The van der Waals surface area contributed by atoms with Crippen molar-refractivity contribution >= 4 is 15.9 Å². The van der Waals surface area contributed by atoms with Crippen LogP contribution in [0.5, 0.6) is 5.75 Å². The summed E-state index contributed by atoms with van der Waals surface area (Å²) in [5, 5.41) is 2.91. The van der Waals surface area contributed by atoms with Gasteiger partial charge in [-0.1, -0.05) is 0 Å².